The van der Waals surface area contributed by atoms with E-state index in [9.17, 15) is 21.6 Å². The molecule has 1 heterocycles. The van der Waals surface area contributed by atoms with Gasteiger partial charge in [0.05, 0.1) is 4.91 Å². The lowest BCUT2D eigenvalue weighted by Gasteiger charge is -2.24. The number of nitrogens with zero attached hydrogens (tertiary/aromatic N) is 1. The largest absolute Gasteiger partial charge is 0.412 e. The van der Waals surface area contributed by atoms with Gasteiger partial charge in [-0.2, -0.15) is 17.5 Å². The molecule has 0 aromatic rings. The number of alkyl halides is 3. The molecule has 0 bridgehead atoms. The van der Waals surface area contributed by atoms with Gasteiger partial charge in [0.15, 0.2) is 0 Å². The highest BCUT2D eigenvalue weighted by Gasteiger charge is 2.39. The summed E-state index contributed by atoms with van der Waals surface area (Å²) in [5, 5.41) is 0.515. The van der Waals surface area contributed by atoms with Crippen molar-refractivity contribution in [2.24, 2.45) is 17.8 Å². The van der Waals surface area contributed by atoms with Gasteiger partial charge in [-0.3, -0.25) is 0 Å². The summed E-state index contributed by atoms with van der Waals surface area (Å²) >= 11 is 6.10. The van der Waals surface area contributed by atoms with E-state index in [1.54, 1.807) is 22.5 Å². The fourth-order valence-corrected chi connectivity index (χ4v) is 6.86. The third-order valence-corrected chi connectivity index (χ3v) is 9.65. The zero-order valence-corrected chi connectivity index (χ0v) is 24.6. The third kappa shape index (κ3) is 10.8. The maximum absolute atomic E-state index is 13.7. The van der Waals surface area contributed by atoms with Crippen molar-refractivity contribution in [2.75, 3.05) is 6.54 Å². The molecule has 212 valence electrons. The van der Waals surface area contributed by atoms with Crippen molar-refractivity contribution in [1.29, 1.82) is 0 Å². The molecule has 0 saturated carbocycles. The standard InChI is InChI=1S/C29H45ClF3NO2S/c1-7-12-24-20-27(19-18-26(30)9-3)34(21-24)37(35,36)28(10-4)15-11-14-22(5)25(13-8-2)17-16-23(6)29(31,32)33/h9,11,14-16,18,22,24-25,27H,3,7-8,10,12-13,17,19-21H2,1-2,4-6H3/b14-11-,23-16+,26-18+,28-15+. The molecule has 1 aliphatic rings. The van der Waals surface area contributed by atoms with Crippen molar-refractivity contribution in [3.63, 3.8) is 0 Å². The van der Waals surface area contributed by atoms with E-state index in [-0.39, 0.29) is 17.9 Å². The van der Waals surface area contributed by atoms with Crippen molar-refractivity contribution < 1.29 is 21.6 Å². The second-order valence-electron chi connectivity index (χ2n) is 10.0. The number of sulfonamides is 1. The molecular weight excluding hydrogens is 519 g/mol. The predicted molar refractivity (Wildman–Crippen MR) is 151 cm³/mol. The SMILES string of the molecule is C=C/C(Cl)=C\CC1CC(CCC)CN1S(=O)(=O)/C(=C/C=C\C(C)C(C/C=C(\C)C(F)(F)F)CCC)CC. The molecule has 4 atom stereocenters. The first-order valence-corrected chi connectivity index (χ1v) is 15.2. The average molecular weight is 564 g/mol. The van der Waals surface area contributed by atoms with E-state index in [2.05, 4.69) is 13.5 Å². The minimum Gasteiger partial charge on any atom is -0.207 e. The Labute approximate surface area is 228 Å². The second kappa shape index (κ2) is 15.9. The van der Waals surface area contributed by atoms with E-state index in [0.717, 1.165) is 39.0 Å². The molecule has 4 unspecified atom stereocenters. The summed E-state index contributed by atoms with van der Waals surface area (Å²) in [6.07, 6.45) is 11.4. The minimum atomic E-state index is -4.31. The number of halogens is 4. The van der Waals surface area contributed by atoms with Crippen LogP contribution in [0.4, 0.5) is 13.2 Å². The van der Waals surface area contributed by atoms with Crippen molar-refractivity contribution in [2.45, 2.75) is 98.2 Å². The Morgan fingerprint density at radius 3 is 2.41 bits per heavy atom. The van der Waals surface area contributed by atoms with Crippen LogP contribution in [0.5, 0.6) is 0 Å². The first kappa shape index (κ1) is 33.7. The van der Waals surface area contributed by atoms with Gasteiger partial charge >= 0.3 is 6.18 Å². The van der Waals surface area contributed by atoms with Crippen LogP contribution in [-0.2, 0) is 10.0 Å². The lowest BCUT2D eigenvalue weighted by atomic mass is 9.86. The molecular formula is C29H45ClF3NO2S. The Morgan fingerprint density at radius 1 is 1.19 bits per heavy atom. The number of hydrogen-bond donors (Lipinski definition) is 0. The molecule has 1 fully saturated rings. The molecule has 0 aromatic carbocycles. The van der Waals surface area contributed by atoms with Crippen LogP contribution >= 0.6 is 11.6 Å². The molecule has 37 heavy (non-hydrogen) atoms. The van der Waals surface area contributed by atoms with Crippen molar-refractivity contribution in [3.05, 3.63) is 58.5 Å². The van der Waals surface area contributed by atoms with Gasteiger partial charge in [-0.15, -0.1) is 0 Å². The van der Waals surface area contributed by atoms with Crippen molar-refractivity contribution >= 4 is 21.6 Å². The summed E-state index contributed by atoms with van der Waals surface area (Å²) in [5.74, 6) is 0.374. The Morgan fingerprint density at radius 2 is 1.86 bits per heavy atom. The number of allylic oxidation sites excluding steroid dienone is 8. The predicted octanol–water partition coefficient (Wildman–Crippen LogP) is 9.31. The average Bonchev–Trinajstić information content (AvgIpc) is 3.25. The van der Waals surface area contributed by atoms with E-state index in [1.165, 1.54) is 6.08 Å². The van der Waals surface area contributed by atoms with Crippen LogP contribution in [0.3, 0.4) is 0 Å². The molecule has 0 aliphatic carbocycles. The summed E-state index contributed by atoms with van der Waals surface area (Å²) in [6, 6.07) is -0.148. The van der Waals surface area contributed by atoms with Crippen LogP contribution in [0.1, 0.15) is 86.0 Å². The lowest BCUT2D eigenvalue weighted by molar-refractivity contribution is -0.0916. The van der Waals surface area contributed by atoms with Gasteiger partial charge in [0.1, 0.15) is 0 Å². The van der Waals surface area contributed by atoms with Crippen LogP contribution in [0.2, 0.25) is 0 Å². The Balaban J connectivity index is 3.11. The molecule has 8 heteroatoms. The number of hydrogen-bond acceptors (Lipinski definition) is 2. The van der Waals surface area contributed by atoms with Gasteiger partial charge in [-0.1, -0.05) is 89.1 Å². The van der Waals surface area contributed by atoms with Gasteiger partial charge in [0, 0.05) is 23.2 Å². The normalized spacial score (nSPS) is 22.6. The molecule has 0 radical (unpaired) electrons. The monoisotopic (exact) mass is 563 g/mol. The second-order valence-corrected chi connectivity index (χ2v) is 12.4. The van der Waals surface area contributed by atoms with Crippen molar-refractivity contribution in [1.82, 2.24) is 4.31 Å². The van der Waals surface area contributed by atoms with Gasteiger partial charge < -0.3 is 0 Å². The quantitative estimate of drug-likeness (QED) is 0.147. The van der Waals surface area contributed by atoms with E-state index in [4.69, 9.17) is 11.6 Å². The molecule has 1 aliphatic heterocycles. The van der Waals surface area contributed by atoms with Crippen molar-refractivity contribution in [3.8, 4) is 0 Å². The highest BCUT2D eigenvalue weighted by atomic mass is 35.5. The first-order chi connectivity index (χ1) is 17.3. The Bertz CT molecular complexity index is 951. The minimum absolute atomic E-state index is 0.00828. The summed E-state index contributed by atoms with van der Waals surface area (Å²) < 4.78 is 67.6. The Kier molecular flexibility index (Phi) is 14.5. The van der Waals surface area contributed by atoms with Crippen LogP contribution in [0.25, 0.3) is 0 Å². The summed E-state index contributed by atoms with van der Waals surface area (Å²) in [7, 11) is -3.66. The molecule has 0 amide bonds. The summed E-state index contributed by atoms with van der Waals surface area (Å²) in [6.45, 7) is 13.2. The zero-order valence-electron chi connectivity index (χ0n) is 23.0. The molecule has 0 N–H and O–H groups in total. The smallest absolute Gasteiger partial charge is 0.207 e. The maximum Gasteiger partial charge on any atom is 0.412 e. The third-order valence-electron chi connectivity index (χ3n) is 7.19. The van der Waals surface area contributed by atoms with Gasteiger partial charge in [-0.05, 0) is 69.3 Å². The highest BCUT2D eigenvalue weighted by Crippen LogP contribution is 2.35. The van der Waals surface area contributed by atoms with E-state index < -0.39 is 21.8 Å². The maximum atomic E-state index is 13.7. The number of rotatable bonds is 15. The topological polar surface area (TPSA) is 37.4 Å². The Hall–Kier alpha value is -1.31. The van der Waals surface area contributed by atoms with Crippen LogP contribution in [-0.4, -0.2) is 31.5 Å². The molecule has 3 nitrogen and oxygen atoms in total. The van der Waals surface area contributed by atoms with E-state index >= 15 is 0 Å². The van der Waals surface area contributed by atoms with Crippen LogP contribution in [0.15, 0.2) is 58.5 Å². The molecule has 1 saturated heterocycles. The molecule has 0 aromatic heterocycles. The lowest BCUT2D eigenvalue weighted by Crippen LogP contribution is -2.36. The molecule has 1 rings (SSSR count). The molecule has 0 spiro atoms. The fourth-order valence-electron chi connectivity index (χ4n) is 4.88. The fraction of sp³-hybridized carbons (Fsp3) is 0.655. The van der Waals surface area contributed by atoms with Gasteiger partial charge in [0.25, 0.3) is 0 Å². The summed E-state index contributed by atoms with van der Waals surface area (Å²) in [5.41, 5.74) is -0.574. The van der Waals surface area contributed by atoms with E-state index in [0.29, 0.717) is 41.7 Å². The van der Waals surface area contributed by atoms with E-state index in [1.807, 2.05) is 32.9 Å². The highest BCUT2D eigenvalue weighted by molar-refractivity contribution is 7.93. The van der Waals surface area contributed by atoms with Crippen LogP contribution < -0.4 is 0 Å². The van der Waals surface area contributed by atoms with Gasteiger partial charge in [0.2, 0.25) is 10.0 Å². The summed E-state index contributed by atoms with van der Waals surface area (Å²) in [4.78, 5) is 0.344. The van der Waals surface area contributed by atoms with Crippen LogP contribution in [0, 0.1) is 17.8 Å². The zero-order chi connectivity index (χ0) is 28.2. The first-order valence-electron chi connectivity index (χ1n) is 13.4. The van der Waals surface area contributed by atoms with Gasteiger partial charge in [-0.25, -0.2) is 8.42 Å².